The van der Waals surface area contributed by atoms with Gasteiger partial charge < -0.3 is 29.0 Å². The largest absolute Gasteiger partial charge is 0.491 e. The van der Waals surface area contributed by atoms with Gasteiger partial charge in [-0.3, -0.25) is 9.62 Å². The lowest BCUT2D eigenvalue weighted by atomic mass is 10.1. The van der Waals surface area contributed by atoms with Crippen molar-refractivity contribution in [2.24, 2.45) is 0 Å². The van der Waals surface area contributed by atoms with Crippen molar-refractivity contribution >= 4 is 46.9 Å². The minimum atomic E-state index is -1.08. The summed E-state index contributed by atoms with van der Waals surface area (Å²) in [5, 5.41) is 3.89. The Balaban J connectivity index is 1.12. The fourth-order valence-corrected chi connectivity index (χ4v) is 5.81. The highest BCUT2D eigenvalue weighted by Gasteiger charge is 2.45. The van der Waals surface area contributed by atoms with Crippen molar-refractivity contribution in [2.75, 3.05) is 63.6 Å². The summed E-state index contributed by atoms with van der Waals surface area (Å²) in [6.07, 6.45) is 6.82. The molecule has 2 aliphatic heterocycles. The average molecular weight is 622 g/mol. The van der Waals surface area contributed by atoms with Gasteiger partial charge in [0.2, 0.25) is 5.79 Å². The van der Waals surface area contributed by atoms with E-state index in [-0.39, 0.29) is 12.1 Å². The van der Waals surface area contributed by atoms with Crippen LogP contribution in [-0.2, 0) is 21.8 Å². The molecule has 41 heavy (non-hydrogen) atoms. The summed E-state index contributed by atoms with van der Waals surface area (Å²) in [6.45, 7) is 6.29. The molecule has 2 amide bonds. The van der Waals surface area contributed by atoms with Crippen LogP contribution in [0.15, 0.2) is 61.2 Å². The zero-order chi connectivity index (χ0) is 28.7. The van der Waals surface area contributed by atoms with Crippen LogP contribution in [0.25, 0.3) is 0 Å². The van der Waals surface area contributed by atoms with Crippen LogP contribution in [0.1, 0.15) is 5.56 Å². The Kier molecular flexibility index (Phi) is 10.2. The molecule has 2 aromatic carbocycles. The first-order chi connectivity index (χ1) is 19.9. The minimum Gasteiger partial charge on any atom is -0.491 e. The molecule has 0 aliphatic carbocycles. The molecule has 1 aromatic heterocycles. The maximum Gasteiger partial charge on any atom is 0.324 e. The van der Waals surface area contributed by atoms with E-state index in [2.05, 4.69) is 37.0 Å². The van der Waals surface area contributed by atoms with Crippen LogP contribution in [0, 0.1) is 0 Å². The number of aromatic nitrogens is 2. The molecule has 0 radical (unpaired) electrons. The van der Waals surface area contributed by atoms with Crippen molar-refractivity contribution in [3.8, 4) is 5.75 Å². The Morgan fingerprint density at radius 1 is 1.17 bits per heavy atom. The third-order valence-corrected chi connectivity index (χ3v) is 8.01. The second-order valence-electron chi connectivity index (χ2n) is 9.86. The summed E-state index contributed by atoms with van der Waals surface area (Å²) >= 11 is 14.0. The molecule has 0 bridgehead atoms. The fourth-order valence-electron chi connectivity index (χ4n) is 5.00. The first kappa shape index (κ1) is 29.8. The van der Waals surface area contributed by atoms with E-state index >= 15 is 0 Å². The number of hydrogen-bond acceptors (Lipinski definition) is 8. The highest BCUT2D eigenvalue weighted by Crippen LogP contribution is 2.40. The van der Waals surface area contributed by atoms with E-state index in [4.69, 9.17) is 37.4 Å². The quantitative estimate of drug-likeness (QED) is 0.308. The molecule has 2 fully saturated rings. The van der Waals surface area contributed by atoms with Gasteiger partial charge >= 0.3 is 6.03 Å². The number of hydrogen-bond donors (Lipinski definition) is 2. The Bertz CT molecular complexity index is 1280. The zero-order valence-corrected chi connectivity index (χ0v) is 25.1. The molecular weight excluding hydrogens is 587 g/mol. The first-order valence-electron chi connectivity index (χ1n) is 13.4. The molecule has 0 saturated carbocycles. The predicted octanol–water partition coefficient (Wildman–Crippen LogP) is 4.24. The lowest BCUT2D eigenvalue weighted by molar-refractivity contribution is -0.189. The monoisotopic (exact) mass is 620 g/mol. The lowest BCUT2D eigenvalue weighted by Gasteiger charge is -2.36. The summed E-state index contributed by atoms with van der Waals surface area (Å²) in [7, 11) is 0. The number of halogens is 2. The lowest BCUT2D eigenvalue weighted by Crippen LogP contribution is -2.48. The van der Waals surface area contributed by atoms with Gasteiger partial charge in [-0.05, 0) is 36.4 Å². The molecule has 220 valence electrons. The minimum absolute atomic E-state index is 0.148. The molecular formula is C28H34Cl2N6O4S. The number of amides is 2. The van der Waals surface area contributed by atoms with Crippen LogP contribution < -0.4 is 19.7 Å². The van der Waals surface area contributed by atoms with Crippen molar-refractivity contribution < 1.29 is 19.0 Å². The van der Waals surface area contributed by atoms with Crippen LogP contribution in [0.2, 0.25) is 10.0 Å². The number of anilines is 1. The van der Waals surface area contributed by atoms with E-state index in [1.165, 1.54) is 11.9 Å². The zero-order valence-electron chi connectivity index (χ0n) is 22.8. The first-order valence-corrected chi connectivity index (χ1v) is 15.4. The summed E-state index contributed by atoms with van der Waals surface area (Å²) in [6, 6.07) is 13.3. The van der Waals surface area contributed by atoms with Gasteiger partial charge in [-0.25, -0.2) is 9.78 Å². The van der Waals surface area contributed by atoms with E-state index in [0.29, 0.717) is 41.9 Å². The van der Waals surface area contributed by atoms with Gasteiger partial charge in [-0.15, -0.1) is 0 Å². The highest BCUT2D eigenvalue weighted by atomic mass is 35.5. The van der Waals surface area contributed by atoms with E-state index in [0.717, 1.165) is 44.2 Å². The second kappa shape index (κ2) is 14.0. The maximum absolute atomic E-state index is 11.5. The third kappa shape index (κ3) is 7.79. The number of carbonyl (C=O) groups is 1. The average Bonchev–Trinajstić information content (AvgIpc) is 3.63. The Hall–Kier alpha value is -2.67. The van der Waals surface area contributed by atoms with Crippen molar-refractivity contribution in [1.29, 1.82) is 0 Å². The molecule has 2 N–H and O–H groups in total. The molecule has 2 saturated heterocycles. The van der Waals surface area contributed by atoms with Gasteiger partial charge in [0, 0.05) is 74.2 Å². The van der Waals surface area contributed by atoms with Gasteiger partial charge in [-0.1, -0.05) is 41.2 Å². The molecule has 3 aromatic rings. The van der Waals surface area contributed by atoms with Crippen LogP contribution >= 0.6 is 35.1 Å². The topological polar surface area (TPSA) is 93.1 Å². The third-order valence-electron chi connectivity index (χ3n) is 7.07. The summed E-state index contributed by atoms with van der Waals surface area (Å²) in [5.74, 6) is -0.318. The molecule has 2 unspecified atom stereocenters. The number of ether oxygens (including phenoxy) is 3. The van der Waals surface area contributed by atoms with E-state index in [1.807, 2.05) is 35.2 Å². The normalized spacial score (nSPS) is 21.1. The van der Waals surface area contributed by atoms with Gasteiger partial charge in [0.1, 0.15) is 18.5 Å². The number of nitrogens with zero attached hydrogens (tertiary/aromatic N) is 4. The molecule has 5 rings (SSSR count). The molecule has 13 heteroatoms. The number of rotatable bonds is 11. The molecule has 2 aliphatic rings. The van der Waals surface area contributed by atoms with E-state index < -0.39 is 5.79 Å². The van der Waals surface area contributed by atoms with Crippen molar-refractivity contribution in [1.82, 2.24) is 24.5 Å². The summed E-state index contributed by atoms with van der Waals surface area (Å²) in [5.41, 5.74) is 1.87. The SMILES string of the molecule is CSNC(=O)NCCN1CCN(c2ccc(OCC3COC(Cn4ccnc4)(c4ccc(Cl)cc4Cl)O3)cc2)CC1. The molecule has 3 heterocycles. The molecule has 0 spiro atoms. The van der Waals surface area contributed by atoms with Gasteiger partial charge in [-0.2, -0.15) is 0 Å². The second-order valence-corrected chi connectivity index (χ2v) is 11.3. The number of carbonyl (C=O) groups excluding carboxylic acids is 1. The van der Waals surface area contributed by atoms with E-state index in [1.54, 1.807) is 24.7 Å². The molecule has 2 atom stereocenters. The Labute approximate surface area is 254 Å². The fraction of sp³-hybridized carbons (Fsp3) is 0.429. The number of nitrogens with one attached hydrogen (secondary N) is 2. The Morgan fingerprint density at radius 3 is 2.68 bits per heavy atom. The number of benzene rings is 2. The van der Waals surface area contributed by atoms with Crippen LogP contribution in [0.4, 0.5) is 10.5 Å². The Morgan fingerprint density at radius 2 is 1.98 bits per heavy atom. The van der Waals surface area contributed by atoms with Crippen LogP contribution in [-0.4, -0.2) is 85.3 Å². The van der Waals surface area contributed by atoms with Crippen molar-refractivity contribution in [3.05, 3.63) is 76.8 Å². The highest BCUT2D eigenvalue weighted by molar-refractivity contribution is 7.97. The smallest absolute Gasteiger partial charge is 0.324 e. The standard InChI is InChI=1S/C28H34Cl2N6O4S/c1-41-33-27(37)32-9-11-34-12-14-36(15-13-34)22-3-5-23(6-4-22)38-17-24-18-39-28(40-24,19-35-10-8-31-20-35)25-7-2-21(29)16-26(25)30/h2-8,10,16,20,24H,9,11-15,17-19H2,1H3,(H2,32,33,37). The summed E-state index contributed by atoms with van der Waals surface area (Å²) < 4.78 is 23.4. The van der Waals surface area contributed by atoms with Crippen LogP contribution in [0.3, 0.4) is 0 Å². The molecule has 10 nitrogen and oxygen atoms in total. The summed E-state index contributed by atoms with van der Waals surface area (Å²) in [4.78, 5) is 20.4. The number of piperazine rings is 1. The number of urea groups is 1. The van der Waals surface area contributed by atoms with Gasteiger partial charge in [0.25, 0.3) is 0 Å². The van der Waals surface area contributed by atoms with Crippen LogP contribution in [0.5, 0.6) is 5.75 Å². The predicted molar refractivity (Wildman–Crippen MR) is 162 cm³/mol. The van der Waals surface area contributed by atoms with Crippen molar-refractivity contribution in [2.45, 2.75) is 18.4 Å². The van der Waals surface area contributed by atoms with Gasteiger partial charge in [0.15, 0.2) is 0 Å². The maximum atomic E-state index is 11.5. The van der Waals surface area contributed by atoms with Crippen molar-refractivity contribution in [3.63, 3.8) is 0 Å². The number of imidazole rings is 1. The van der Waals surface area contributed by atoms with Gasteiger partial charge in [0.05, 0.1) is 24.5 Å². The van der Waals surface area contributed by atoms with E-state index in [9.17, 15) is 4.79 Å².